The second-order valence-electron chi connectivity index (χ2n) is 5.00. The Morgan fingerprint density at radius 1 is 1.61 bits per heavy atom. The van der Waals surface area contributed by atoms with Gasteiger partial charge in [0.25, 0.3) is 0 Å². The molecule has 0 radical (unpaired) electrons. The first kappa shape index (κ1) is 13.1. The zero-order chi connectivity index (χ0) is 13.0. The Labute approximate surface area is 109 Å². The molecule has 1 saturated heterocycles. The van der Waals surface area contributed by atoms with Crippen molar-refractivity contribution in [2.24, 2.45) is 0 Å². The highest BCUT2D eigenvalue weighted by Gasteiger charge is 2.37. The first-order valence-electron chi connectivity index (χ1n) is 6.63. The average molecular weight is 250 g/mol. The Hall–Kier alpha value is -1.29. The van der Waals surface area contributed by atoms with E-state index in [1.807, 2.05) is 12.1 Å². The molecule has 4 heteroatoms. The average Bonchev–Trinajstić information content (AvgIpc) is 2.68. The molecule has 2 heterocycles. The highest BCUT2D eigenvalue weighted by atomic mass is 16.5. The van der Waals surface area contributed by atoms with E-state index in [1.54, 1.807) is 6.20 Å². The van der Waals surface area contributed by atoms with Gasteiger partial charge in [-0.2, -0.15) is 0 Å². The van der Waals surface area contributed by atoms with Crippen LogP contribution in [0.1, 0.15) is 33.6 Å². The fourth-order valence-corrected chi connectivity index (χ4v) is 2.08. The van der Waals surface area contributed by atoms with E-state index in [1.165, 1.54) is 0 Å². The van der Waals surface area contributed by atoms with Crippen LogP contribution in [0.15, 0.2) is 18.3 Å². The van der Waals surface area contributed by atoms with Gasteiger partial charge in [-0.05, 0) is 38.8 Å². The Morgan fingerprint density at radius 3 is 3.11 bits per heavy atom. The van der Waals surface area contributed by atoms with Gasteiger partial charge in [0.2, 0.25) is 0 Å². The minimum Gasteiger partial charge on any atom is -0.490 e. The summed E-state index contributed by atoms with van der Waals surface area (Å²) >= 11 is 0. The van der Waals surface area contributed by atoms with Crippen LogP contribution in [0, 0.1) is 0 Å². The van der Waals surface area contributed by atoms with Gasteiger partial charge in [-0.3, -0.25) is 0 Å². The molecule has 0 amide bonds. The van der Waals surface area contributed by atoms with E-state index in [0.717, 1.165) is 31.0 Å². The molecule has 100 valence electrons. The normalized spacial score (nSPS) is 27.2. The summed E-state index contributed by atoms with van der Waals surface area (Å²) in [6.07, 6.45) is 3.94. The summed E-state index contributed by atoms with van der Waals surface area (Å²) in [6.45, 7) is 7.86. The summed E-state index contributed by atoms with van der Waals surface area (Å²) in [4.78, 5) is 4.38. The third kappa shape index (κ3) is 2.75. The Morgan fingerprint density at radius 2 is 2.44 bits per heavy atom. The van der Waals surface area contributed by atoms with Gasteiger partial charge in [-0.15, -0.1) is 0 Å². The van der Waals surface area contributed by atoms with Crippen LogP contribution in [0.2, 0.25) is 0 Å². The fraction of sp³-hybridized carbons (Fsp3) is 0.643. The van der Waals surface area contributed by atoms with Gasteiger partial charge in [0.1, 0.15) is 0 Å². The Balaban J connectivity index is 2.13. The first-order valence-corrected chi connectivity index (χ1v) is 6.63. The molecule has 1 aliphatic heterocycles. The van der Waals surface area contributed by atoms with E-state index in [-0.39, 0.29) is 11.6 Å². The van der Waals surface area contributed by atoms with Gasteiger partial charge in [0, 0.05) is 12.8 Å². The highest BCUT2D eigenvalue weighted by molar-refractivity contribution is 5.51. The summed E-state index contributed by atoms with van der Waals surface area (Å²) < 4.78 is 11.3. The monoisotopic (exact) mass is 250 g/mol. The summed E-state index contributed by atoms with van der Waals surface area (Å²) in [5.74, 6) is 1.63. The summed E-state index contributed by atoms with van der Waals surface area (Å²) in [7, 11) is 0. The minimum atomic E-state index is -0.0708. The maximum Gasteiger partial charge on any atom is 0.169 e. The molecular formula is C14H22N2O2. The molecule has 2 unspecified atom stereocenters. The second kappa shape index (κ2) is 5.57. The molecule has 4 nitrogen and oxygen atoms in total. The van der Waals surface area contributed by atoms with E-state index >= 15 is 0 Å². The van der Waals surface area contributed by atoms with Crippen LogP contribution < -0.4 is 10.1 Å². The van der Waals surface area contributed by atoms with Crippen molar-refractivity contribution >= 4 is 5.82 Å². The van der Waals surface area contributed by atoms with Crippen LogP contribution in [0.5, 0.6) is 5.75 Å². The van der Waals surface area contributed by atoms with Crippen molar-refractivity contribution in [1.82, 2.24) is 4.98 Å². The quantitative estimate of drug-likeness (QED) is 0.872. The molecule has 0 bridgehead atoms. The van der Waals surface area contributed by atoms with Gasteiger partial charge in [-0.25, -0.2) is 4.98 Å². The van der Waals surface area contributed by atoms with Crippen LogP contribution in [0.4, 0.5) is 5.82 Å². The van der Waals surface area contributed by atoms with Crippen molar-refractivity contribution in [2.75, 3.05) is 18.5 Å². The largest absolute Gasteiger partial charge is 0.490 e. The number of hydrogen-bond donors (Lipinski definition) is 1. The number of rotatable bonds is 5. The zero-order valence-corrected chi connectivity index (χ0v) is 11.4. The number of ether oxygens (including phenoxy) is 2. The first-order chi connectivity index (χ1) is 8.65. The second-order valence-corrected chi connectivity index (χ2v) is 5.00. The molecule has 0 saturated carbocycles. The molecule has 0 spiro atoms. The SMILES string of the molecule is CCCOc1cccnc1NC1(C)CCOC1C. The Bertz CT molecular complexity index is 397. The van der Waals surface area contributed by atoms with E-state index in [0.29, 0.717) is 6.61 Å². The van der Waals surface area contributed by atoms with E-state index in [2.05, 4.69) is 31.1 Å². The predicted octanol–water partition coefficient (Wildman–Crippen LogP) is 2.85. The van der Waals surface area contributed by atoms with Crippen LogP contribution in [0.25, 0.3) is 0 Å². The topological polar surface area (TPSA) is 43.4 Å². The molecule has 1 aromatic rings. The van der Waals surface area contributed by atoms with Gasteiger partial charge < -0.3 is 14.8 Å². The molecular weight excluding hydrogens is 228 g/mol. The van der Waals surface area contributed by atoms with Gasteiger partial charge in [-0.1, -0.05) is 6.92 Å². The highest BCUT2D eigenvalue weighted by Crippen LogP contribution is 2.32. The van der Waals surface area contributed by atoms with Crippen LogP contribution >= 0.6 is 0 Å². The maximum atomic E-state index is 5.71. The summed E-state index contributed by atoms with van der Waals surface area (Å²) in [6, 6.07) is 3.85. The van der Waals surface area contributed by atoms with E-state index < -0.39 is 0 Å². The molecule has 2 rings (SSSR count). The molecule has 18 heavy (non-hydrogen) atoms. The standard InChI is InChI=1S/C14H22N2O2/c1-4-9-18-12-6-5-8-15-13(12)16-14(3)7-10-17-11(14)2/h5-6,8,11H,4,7,9-10H2,1-3H3,(H,15,16). The molecule has 1 aliphatic rings. The molecule has 1 aromatic heterocycles. The van der Waals surface area contributed by atoms with E-state index in [9.17, 15) is 0 Å². The minimum absolute atomic E-state index is 0.0708. The van der Waals surface area contributed by atoms with Crippen LogP contribution in [-0.2, 0) is 4.74 Å². The van der Waals surface area contributed by atoms with Crippen molar-refractivity contribution in [3.8, 4) is 5.75 Å². The smallest absolute Gasteiger partial charge is 0.169 e. The zero-order valence-electron chi connectivity index (χ0n) is 11.4. The summed E-state index contributed by atoms with van der Waals surface area (Å²) in [5.41, 5.74) is -0.0708. The maximum absolute atomic E-state index is 5.71. The van der Waals surface area contributed by atoms with Gasteiger partial charge in [0.15, 0.2) is 11.6 Å². The van der Waals surface area contributed by atoms with E-state index in [4.69, 9.17) is 9.47 Å². The number of nitrogens with one attached hydrogen (secondary N) is 1. The van der Waals surface area contributed by atoms with Crippen molar-refractivity contribution in [3.63, 3.8) is 0 Å². The number of nitrogens with zero attached hydrogens (tertiary/aromatic N) is 1. The molecule has 1 fully saturated rings. The third-order valence-electron chi connectivity index (χ3n) is 3.52. The lowest BCUT2D eigenvalue weighted by molar-refractivity contribution is 0.105. The van der Waals surface area contributed by atoms with Crippen molar-refractivity contribution in [1.29, 1.82) is 0 Å². The van der Waals surface area contributed by atoms with Crippen molar-refractivity contribution in [3.05, 3.63) is 18.3 Å². The van der Waals surface area contributed by atoms with Gasteiger partial charge >= 0.3 is 0 Å². The lowest BCUT2D eigenvalue weighted by Gasteiger charge is -2.30. The number of pyridine rings is 1. The van der Waals surface area contributed by atoms with Gasteiger partial charge in [0.05, 0.1) is 18.2 Å². The van der Waals surface area contributed by atoms with Crippen molar-refractivity contribution < 1.29 is 9.47 Å². The number of hydrogen-bond acceptors (Lipinski definition) is 4. The fourth-order valence-electron chi connectivity index (χ4n) is 2.08. The van der Waals surface area contributed by atoms with Crippen LogP contribution in [-0.4, -0.2) is 29.8 Å². The molecule has 2 atom stereocenters. The lowest BCUT2D eigenvalue weighted by Crippen LogP contribution is -2.41. The Kier molecular flexibility index (Phi) is 4.07. The molecule has 0 aromatic carbocycles. The van der Waals surface area contributed by atoms with Crippen molar-refractivity contribution in [2.45, 2.75) is 45.3 Å². The molecule has 1 N–H and O–H groups in total. The van der Waals surface area contributed by atoms with Crippen LogP contribution in [0.3, 0.4) is 0 Å². The lowest BCUT2D eigenvalue weighted by atomic mass is 9.95. The predicted molar refractivity (Wildman–Crippen MR) is 72.1 cm³/mol. The third-order valence-corrected chi connectivity index (χ3v) is 3.52. The number of aromatic nitrogens is 1. The molecule has 0 aliphatic carbocycles. The number of anilines is 1. The summed E-state index contributed by atoms with van der Waals surface area (Å²) in [5, 5.41) is 3.48.